The molecule has 3 rings (SSSR count). The van der Waals surface area contributed by atoms with Crippen LogP contribution in [0.1, 0.15) is 23.5 Å². The number of thiazole rings is 1. The Morgan fingerprint density at radius 3 is 3.05 bits per heavy atom. The van der Waals surface area contributed by atoms with Gasteiger partial charge in [0.15, 0.2) is 5.13 Å². The van der Waals surface area contributed by atoms with Crippen molar-refractivity contribution in [3.05, 3.63) is 29.3 Å². The van der Waals surface area contributed by atoms with Crippen molar-refractivity contribution in [1.29, 1.82) is 0 Å². The number of hydrogen-bond acceptors (Lipinski definition) is 5. The van der Waals surface area contributed by atoms with Gasteiger partial charge in [-0.15, -0.1) is 11.3 Å². The zero-order valence-electron chi connectivity index (χ0n) is 11.8. The van der Waals surface area contributed by atoms with Crippen LogP contribution in [0.25, 0.3) is 0 Å². The molecule has 1 fully saturated rings. The molecule has 0 spiro atoms. The fourth-order valence-corrected chi connectivity index (χ4v) is 3.66. The molecule has 1 aliphatic heterocycles. The molecule has 3 heterocycles. The van der Waals surface area contributed by atoms with Crippen LogP contribution < -0.4 is 5.73 Å². The molecule has 0 aromatic carbocycles. The summed E-state index contributed by atoms with van der Waals surface area (Å²) in [4.78, 5) is 12.2. The second-order valence-electron chi connectivity index (χ2n) is 5.53. The third kappa shape index (κ3) is 3.19. The van der Waals surface area contributed by atoms with Crippen LogP contribution in [0.2, 0.25) is 0 Å². The number of likely N-dealkylation sites (tertiary alicyclic amines) is 1. The highest BCUT2D eigenvalue weighted by Gasteiger charge is 2.21. The molecule has 0 aliphatic carbocycles. The molecule has 0 saturated carbocycles. The third-order valence-electron chi connectivity index (χ3n) is 3.93. The van der Waals surface area contributed by atoms with Gasteiger partial charge < -0.3 is 10.3 Å². The van der Waals surface area contributed by atoms with Gasteiger partial charge in [0.05, 0.1) is 0 Å². The van der Waals surface area contributed by atoms with E-state index in [0.29, 0.717) is 11.0 Å². The highest BCUT2D eigenvalue weighted by Crippen LogP contribution is 2.23. The summed E-state index contributed by atoms with van der Waals surface area (Å²) in [6.07, 6.45) is 8.45. The number of nitrogens with two attached hydrogens (primary N) is 1. The molecule has 1 aliphatic rings. The van der Waals surface area contributed by atoms with Crippen LogP contribution in [0, 0.1) is 12.8 Å². The van der Waals surface area contributed by atoms with E-state index in [1.807, 2.05) is 12.4 Å². The second-order valence-corrected chi connectivity index (χ2v) is 6.68. The van der Waals surface area contributed by atoms with E-state index >= 15 is 0 Å². The molecular formula is C14H21N5S. The van der Waals surface area contributed by atoms with Crippen LogP contribution in [0.15, 0.2) is 18.6 Å². The van der Waals surface area contributed by atoms with E-state index in [9.17, 15) is 0 Å². The fraction of sp³-hybridized carbons (Fsp3) is 0.571. The minimum atomic E-state index is 0.669. The molecule has 2 aromatic heterocycles. The summed E-state index contributed by atoms with van der Waals surface area (Å²) < 4.78 is 2.26. The van der Waals surface area contributed by atoms with E-state index in [-0.39, 0.29) is 0 Å². The Kier molecular flexibility index (Phi) is 4.03. The quantitative estimate of drug-likeness (QED) is 0.937. The van der Waals surface area contributed by atoms with E-state index in [1.54, 1.807) is 11.3 Å². The van der Waals surface area contributed by atoms with E-state index < -0.39 is 0 Å². The molecule has 1 atom stereocenters. The zero-order valence-corrected chi connectivity index (χ0v) is 12.6. The van der Waals surface area contributed by atoms with Crippen molar-refractivity contribution < 1.29 is 0 Å². The average molecular weight is 291 g/mol. The lowest BCUT2D eigenvalue weighted by Gasteiger charge is -2.32. The number of anilines is 1. The summed E-state index contributed by atoms with van der Waals surface area (Å²) in [5.74, 6) is 1.82. The summed E-state index contributed by atoms with van der Waals surface area (Å²) in [7, 11) is 0. The number of aryl methyl sites for hydroxylation is 1. The highest BCUT2D eigenvalue weighted by molar-refractivity contribution is 7.15. The van der Waals surface area contributed by atoms with Crippen LogP contribution in [0.4, 0.5) is 5.13 Å². The molecular weight excluding hydrogens is 270 g/mol. The number of nitrogens with zero attached hydrogens (tertiary/aromatic N) is 4. The minimum absolute atomic E-state index is 0.669. The van der Waals surface area contributed by atoms with Crippen LogP contribution in [0.5, 0.6) is 0 Å². The maximum absolute atomic E-state index is 5.70. The molecule has 0 bridgehead atoms. The van der Waals surface area contributed by atoms with Crippen LogP contribution in [-0.2, 0) is 13.1 Å². The van der Waals surface area contributed by atoms with Crippen LogP contribution >= 0.6 is 11.3 Å². The third-order valence-corrected chi connectivity index (χ3v) is 4.74. The Morgan fingerprint density at radius 1 is 1.45 bits per heavy atom. The van der Waals surface area contributed by atoms with E-state index in [1.165, 1.54) is 24.3 Å². The maximum atomic E-state index is 5.70. The molecule has 2 aromatic rings. The van der Waals surface area contributed by atoms with Crippen molar-refractivity contribution in [1.82, 2.24) is 19.4 Å². The van der Waals surface area contributed by atoms with Gasteiger partial charge in [-0.25, -0.2) is 9.97 Å². The molecule has 20 heavy (non-hydrogen) atoms. The summed E-state index contributed by atoms with van der Waals surface area (Å²) in [6.45, 7) is 6.45. The minimum Gasteiger partial charge on any atom is -0.375 e. The van der Waals surface area contributed by atoms with E-state index in [2.05, 4.69) is 32.6 Å². The van der Waals surface area contributed by atoms with Crippen molar-refractivity contribution >= 4 is 16.5 Å². The Morgan fingerprint density at radius 2 is 2.35 bits per heavy atom. The van der Waals surface area contributed by atoms with Crippen molar-refractivity contribution in [3.63, 3.8) is 0 Å². The number of imidazole rings is 1. The van der Waals surface area contributed by atoms with Gasteiger partial charge in [-0.05, 0) is 32.2 Å². The molecule has 108 valence electrons. The first-order valence-electron chi connectivity index (χ1n) is 7.11. The number of nitrogen functional groups attached to an aromatic ring is 1. The number of hydrogen-bond donors (Lipinski definition) is 1. The Bertz CT molecular complexity index is 561. The first-order valence-corrected chi connectivity index (χ1v) is 7.92. The predicted octanol–water partition coefficient (Wildman–Crippen LogP) is 2.14. The SMILES string of the molecule is Cc1nccn1C[C@@H]1CCCN(Cc2cnc(N)s2)C1. The lowest BCUT2D eigenvalue weighted by Crippen LogP contribution is -2.36. The predicted molar refractivity (Wildman–Crippen MR) is 81.5 cm³/mol. The van der Waals surface area contributed by atoms with Crippen LogP contribution in [-0.4, -0.2) is 32.5 Å². The van der Waals surface area contributed by atoms with Crippen molar-refractivity contribution in [2.45, 2.75) is 32.9 Å². The maximum Gasteiger partial charge on any atom is 0.180 e. The van der Waals surface area contributed by atoms with Gasteiger partial charge in [0, 0.05) is 43.1 Å². The topological polar surface area (TPSA) is 60.0 Å². The molecule has 0 radical (unpaired) electrons. The number of rotatable bonds is 4. The molecule has 5 nitrogen and oxygen atoms in total. The standard InChI is InChI=1S/C14H21N5S/c1-11-16-4-6-19(11)9-12-3-2-5-18(8-12)10-13-7-17-14(15)20-13/h4,6-7,12H,2-3,5,8-10H2,1H3,(H2,15,17)/t12-/m1/s1. The number of piperidine rings is 1. The lowest BCUT2D eigenvalue weighted by molar-refractivity contribution is 0.156. The normalized spacial score (nSPS) is 20.4. The molecule has 0 unspecified atom stereocenters. The highest BCUT2D eigenvalue weighted by atomic mass is 32.1. The fourth-order valence-electron chi connectivity index (χ4n) is 2.93. The molecule has 6 heteroatoms. The van der Waals surface area contributed by atoms with Crippen molar-refractivity contribution in [2.75, 3.05) is 18.8 Å². The van der Waals surface area contributed by atoms with E-state index in [0.717, 1.165) is 25.5 Å². The summed E-state index contributed by atoms with van der Waals surface area (Å²) in [5.41, 5.74) is 5.70. The number of aromatic nitrogens is 3. The summed E-state index contributed by atoms with van der Waals surface area (Å²) >= 11 is 1.60. The van der Waals surface area contributed by atoms with Gasteiger partial charge in [-0.1, -0.05) is 0 Å². The second kappa shape index (κ2) is 5.93. The Hall–Kier alpha value is -1.40. The first kappa shape index (κ1) is 13.6. The lowest BCUT2D eigenvalue weighted by atomic mass is 9.98. The van der Waals surface area contributed by atoms with Gasteiger partial charge in [0.2, 0.25) is 0 Å². The van der Waals surface area contributed by atoms with Gasteiger partial charge in [-0.3, -0.25) is 4.90 Å². The average Bonchev–Trinajstić information content (AvgIpc) is 3.00. The van der Waals surface area contributed by atoms with Gasteiger partial charge in [0.1, 0.15) is 5.82 Å². The Labute approximate surface area is 123 Å². The van der Waals surface area contributed by atoms with Crippen LogP contribution in [0.3, 0.4) is 0 Å². The Balaban J connectivity index is 1.57. The molecule has 2 N–H and O–H groups in total. The first-order chi connectivity index (χ1) is 9.70. The van der Waals surface area contributed by atoms with Crippen molar-refractivity contribution in [2.24, 2.45) is 5.92 Å². The zero-order chi connectivity index (χ0) is 13.9. The molecule has 1 saturated heterocycles. The summed E-state index contributed by atoms with van der Waals surface area (Å²) in [6, 6.07) is 0. The van der Waals surface area contributed by atoms with Gasteiger partial charge in [0.25, 0.3) is 0 Å². The summed E-state index contributed by atoms with van der Waals surface area (Å²) in [5, 5.41) is 0.669. The van der Waals surface area contributed by atoms with E-state index in [4.69, 9.17) is 5.73 Å². The smallest absolute Gasteiger partial charge is 0.180 e. The monoisotopic (exact) mass is 291 g/mol. The largest absolute Gasteiger partial charge is 0.375 e. The van der Waals surface area contributed by atoms with Crippen molar-refractivity contribution in [3.8, 4) is 0 Å². The molecule has 0 amide bonds. The van der Waals surface area contributed by atoms with Gasteiger partial charge >= 0.3 is 0 Å². The van der Waals surface area contributed by atoms with Gasteiger partial charge in [-0.2, -0.15) is 0 Å².